The summed E-state index contributed by atoms with van der Waals surface area (Å²) < 4.78 is 15.8. The Hall–Kier alpha value is -2.08. The van der Waals surface area contributed by atoms with Crippen LogP contribution in [0.2, 0.25) is 0 Å². The summed E-state index contributed by atoms with van der Waals surface area (Å²) in [5, 5.41) is 3.76. The highest BCUT2D eigenvalue weighted by Crippen LogP contribution is 2.31. The molecule has 2 N–H and O–H groups in total. The Kier molecular flexibility index (Phi) is 3.78. The zero-order valence-electron chi connectivity index (χ0n) is 10.3. The predicted octanol–water partition coefficient (Wildman–Crippen LogP) is 1.42. The van der Waals surface area contributed by atoms with Gasteiger partial charge in [-0.15, -0.1) is 0 Å². The van der Waals surface area contributed by atoms with Crippen molar-refractivity contribution in [3.05, 3.63) is 35.5 Å². The molecule has 0 unspecified atom stereocenters. The number of aryl methyl sites for hydroxylation is 1. The van der Waals surface area contributed by atoms with Crippen LogP contribution in [0.3, 0.4) is 0 Å². The molecule has 0 spiro atoms. The van der Waals surface area contributed by atoms with Crippen LogP contribution in [0.5, 0.6) is 11.5 Å². The van der Waals surface area contributed by atoms with Crippen LogP contribution in [0.15, 0.2) is 22.7 Å². The highest BCUT2D eigenvalue weighted by Gasteiger charge is 2.11. The first-order chi connectivity index (χ1) is 8.74. The number of hydrogen-bond acceptors (Lipinski definition) is 6. The molecule has 1 heterocycles. The molecular formula is C12H15N3O3. The average Bonchev–Trinajstić information content (AvgIpc) is 2.81. The largest absolute Gasteiger partial charge is 0.493 e. The van der Waals surface area contributed by atoms with Crippen molar-refractivity contribution in [1.82, 2.24) is 10.1 Å². The third kappa shape index (κ3) is 2.60. The normalized spacial score (nSPS) is 10.4. The molecule has 96 valence electrons. The Bertz CT molecular complexity index is 503. The highest BCUT2D eigenvalue weighted by atomic mass is 16.5. The van der Waals surface area contributed by atoms with Gasteiger partial charge in [0.1, 0.15) is 0 Å². The second kappa shape index (κ2) is 5.50. The molecule has 0 saturated heterocycles. The standard InChI is InChI=1S/C12H15N3O3/c1-8-14-11(15-18-8)7-17-12-9(6-13)4-3-5-10(12)16-2/h3-5H,6-7,13H2,1-2H3. The molecule has 18 heavy (non-hydrogen) atoms. The van der Waals surface area contributed by atoms with E-state index in [1.54, 1.807) is 14.0 Å². The first-order valence-electron chi connectivity index (χ1n) is 5.52. The molecule has 6 heteroatoms. The van der Waals surface area contributed by atoms with Crippen molar-refractivity contribution in [2.24, 2.45) is 5.73 Å². The Labute approximate surface area is 105 Å². The van der Waals surface area contributed by atoms with E-state index in [1.807, 2.05) is 18.2 Å². The number of methoxy groups -OCH3 is 1. The number of benzene rings is 1. The van der Waals surface area contributed by atoms with Crippen molar-refractivity contribution in [2.75, 3.05) is 7.11 Å². The molecule has 0 radical (unpaired) electrons. The van der Waals surface area contributed by atoms with Crippen LogP contribution in [0.1, 0.15) is 17.3 Å². The zero-order valence-corrected chi connectivity index (χ0v) is 10.3. The zero-order chi connectivity index (χ0) is 13.0. The minimum atomic E-state index is 0.213. The van der Waals surface area contributed by atoms with Crippen molar-refractivity contribution in [3.63, 3.8) is 0 Å². The van der Waals surface area contributed by atoms with Crippen LogP contribution in [-0.4, -0.2) is 17.3 Å². The molecule has 2 rings (SSSR count). The monoisotopic (exact) mass is 249 g/mol. The fourth-order valence-electron chi connectivity index (χ4n) is 1.58. The number of rotatable bonds is 5. The number of para-hydroxylation sites is 1. The van der Waals surface area contributed by atoms with Gasteiger partial charge < -0.3 is 19.7 Å². The summed E-state index contributed by atoms with van der Waals surface area (Å²) in [4.78, 5) is 4.06. The lowest BCUT2D eigenvalue weighted by Gasteiger charge is -2.12. The van der Waals surface area contributed by atoms with Crippen LogP contribution in [0.25, 0.3) is 0 Å². The molecule has 1 aromatic heterocycles. The van der Waals surface area contributed by atoms with E-state index >= 15 is 0 Å². The van der Waals surface area contributed by atoms with E-state index in [2.05, 4.69) is 10.1 Å². The van der Waals surface area contributed by atoms with Gasteiger partial charge in [-0.05, 0) is 6.07 Å². The Morgan fingerprint density at radius 2 is 2.22 bits per heavy atom. The van der Waals surface area contributed by atoms with E-state index in [0.29, 0.717) is 29.8 Å². The number of hydrogen-bond donors (Lipinski definition) is 1. The molecule has 0 bridgehead atoms. The molecule has 0 atom stereocenters. The van der Waals surface area contributed by atoms with Crippen LogP contribution < -0.4 is 15.2 Å². The molecular weight excluding hydrogens is 234 g/mol. The number of nitrogens with zero attached hydrogens (tertiary/aromatic N) is 2. The highest BCUT2D eigenvalue weighted by molar-refractivity contribution is 5.46. The van der Waals surface area contributed by atoms with Gasteiger partial charge in [-0.1, -0.05) is 17.3 Å². The molecule has 0 amide bonds. The number of aromatic nitrogens is 2. The summed E-state index contributed by atoms with van der Waals surface area (Å²) in [5.74, 6) is 2.25. The van der Waals surface area contributed by atoms with E-state index in [1.165, 1.54) is 0 Å². The van der Waals surface area contributed by atoms with Crippen molar-refractivity contribution in [3.8, 4) is 11.5 Å². The average molecular weight is 249 g/mol. The third-order valence-corrected chi connectivity index (χ3v) is 2.42. The predicted molar refractivity (Wildman–Crippen MR) is 64.3 cm³/mol. The fourth-order valence-corrected chi connectivity index (χ4v) is 1.58. The third-order valence-electron chi connectivity index (χ3n) is 2.42. The van der Waals surface area contributed by atoms with Gasteiger partial charge in [-0.25, -0.2) is 0 Å². The second-order valence-electron chi connectivity index (χ2n) is 3.67. The second-order valence-corrected chi connectivity index (χ2v) is 3.67. The smallest absolute Gasteiger partial charge is 0.223 e. The summed E-state index contributed by atoms with van der Waals surface area (Å²) in [7, 11) is 1.58. The van der Waals surface area contributed by atoms with Gasteiger partial charge >= 0.3 is 0 Å². The first kappa shape index (κ1) is 12.4. The lowest BCUT2D eigenvalue weighted by Crippen LogP contribution is -2.05. The molecule has 0 fully saturated rings. The maximum absolute atomic E-state index is 5.66. The van der Waals surface area contributed by atoms with Gasteiger partial charge in [0, 0.05) is 19.0 Å². The minimum Gasteiger partial charge on any atom is -0.493 e. The Morgan fingerprint density at radius 3 is 2.83 bits per heavy atom. The SMILES string of the molecule is COc1cccc(CN)c1OCc1noc(C)n1. The first-order valence-corrected chi connectivity index (χ1v) is 5.52. The van der Waals surface area contributed by atoms with E-state index < -0.39 is 0 Å². The van der Waals surface area contributed by atoms with Crippen molar-refractivity contribution < 1.29 is 14.0 Å². The molecule has 0 saturated carbocycles. The van der Waals surface area contributed by atoms with Crippen molar-refractivity contribution in [1.29, 1.82) is 0 Å². The van der Waals surface area contributed by atoms with Crippen LogP contribution in [-0.2, 0) is 13.2 Å². The molecule has 0 aliphatic rings. The van der Waals surface area contributed by atoms with Gasteiger partial charge in [0.2, 0.25) is 11.7 Å². The summed E-state index contributed by atoms with van der Waals surface area (Å²) in [5.41, 5.74) is 6.53. The van der Waals surface area contributed by atoms with Gasteiger partial charge in [-0.2, -0.15) is 4.98 Å². The van der Waals surface area contributed by atoms with Gasteiger partial charge in [0.25, 0.3) is 0 Å². The molecule has 2 aromatic rings. The topological polar surface area (TPSA) is 83.4 Å². The summed E-state index contributed by atoms with van der Waals surface area (Å²) in [6, 6.07) is 5.57. The van der Waals surface area contributed by atoms with Gasteiger partial charge in [0.15, 0.2) is 18.1 Å². The summed E-state index contributed by atoms with van der Waals surface area (Å²) >= 11 is 0. The number of ether oxygens (including phenoxy) is 2. The maximum Gasteiger partial charge on any atom is 0.223 e. The van der Waals surface area contributed by atoms with Gasteiger partial charge in [0.05, 0.1) is 7.11 Å². The van der Waals surface area contributed by atoms with Crippen LogP contribution >= 0.6 is 0 Å². The van der Waals surface area contributed by atoms with Crippen LogP contribution in [0, 0.1) is 6.92 Å². The summed E-state index contributed by atoms with van der Waals surface area (Å²) in [6.45, 7) is 2.31. The van der Waals surface area contributed by atoms with E-state index in [0.717, 1.165) is 5.56 Å². The lowest BCUT2D eigenvalue weighted by molar-refractivity contribution is 0.266. The van der Waals surface area contributed by atoms with E-state index in [4.69, 9.17) is 19.7 Å². The van der Waals surface area contributed by atoms with E-state index in [9.17, 15) is 0 Å². The van der Waals surface area contributed by atoms with Crippen molar-refractivity contribution in [2.45, 2.75) is 20.1 Å². The van der Waals surface area contributed by atoms with Crippen molar-refractivity contribution >= 4 is 0 Å². The molecule has 1 aromatic carbocycles. The quantitative estimate of drug-likeness (QED) is 0.862. The fraction of sp³-hybridized carbons (Fsp3) is 0.333. The Morgan fingerprint density at radius 1 is 1.39 bits per heavy atom. The number of nitrogens with two attached hydrogens (primary N) is 1. The molecule has 0 aliphatic carbocycles. The minimum absolute atomic E-state index is 0.213. The molecule has 6 nitrogen and oxygen atoms in total. The lowest BCUT2D eigenvalue weighted by atomic mass is 10.2. The maximum atomic E-state index is 5.66. The molecule has 0 aliphatic heterocycles. The van der Waals surface area contributed by atoms with Crippen LogP contribution in [0.4, 0.5) is 0 Å². The van der Waals surface area contributed by atoms with Gasteiger partial charge in [-0.3, -0.25) is 0 Å². The van der Waals surface area contributed by atoms with E-state index in [-0.39, 0.29) is 6.61 Å². The summed E-state index contributed by atoms with van der Waals surface area (Å²) in [6.07, 6.45) is 0. The Balaban J connectivity index is 2.17.